The summed E-state index contributed by atoms with van der Waals surface area (Å²) >= 11 is 7.45. The van der Waals surface area contributed by atoms with Gasteiger partial charge < -0.3 is 10.1 Å². The van der Waals surface area contributed by atoms with E-state index in [2.05, 4.69) is 25.3 Å². The van der Waals surface area contributed by atoms with E-state index in [4.69, 9.17) is 16.3 Å². The number of hydrogen-bond acceptors (Lipinski definition) is 7. The number of thiazole rings is 1. The first-order valence-corrected chi connectivity index (χ1v) is 7.01. The molecular formula is C11H14ClN5OS. The van der Waals surface area contributed by atoms with Crippen LogP contribution in [0.2, 0.25) is 5.28 Å². The molecule has 6 nitrogen and oxygen atoms in total. The summed E-state index contributed by atoms with van der Waals surface area (Å²) in [7, 11) is 0. The molecule has 0 fully saturated rings. The van der Waals surface area contributed by atoms with E-state index >= 15 is 0 Å². The van der Waals surface area contributed by atoms with Gasteiger partial charge in [0.1, 0.15) is 5.01 Å². The SMILES string of the molecule is CCOc1nc(Cl)nc(NC(C)c2ncc(C)s2)n1. The summed E-state index contributed by atoms with van der Waals surface area (Å²) in [4.78, 5) is 17.5. The van der Waals surface area contributed by atoms with Gasteiger partial charge in [-0.1, -0.05) is 0 Å². The van der Waals surface area contributed by atoms with Gasteiger partial charge in [0.2, 0.25) is 11.2 Å². The molecule has 1 N–H and O–H groups in total. The van der Waals surface area contributed by atoms with Crippen molar-refractivity contribution in [1.29, 1.82) is 0 Å². The number of aryl methyl sites for hydroxylation is 1. The zero-order chi connectivity index (χ0) is 13.8. The van der Waals surface area contributed by atoms with Crippen molar-refractivity contribution in [2.24, 2.45) is 0 Å². The monoisotopic (exact) mass is 299 g/mol. The summed E-state index contributed by atoms with van der Waals surface area (Å²) in [6.07, 6.45) is 1.84. The molecule has 0 aromatic carbocycles. The molecule has 19 heavy (non-hydrogen) atoms. The number of nitrogens with zero attached hydrogens (tertiary/aromatic N) is 4. The van der Waals surface area contributed by atoms with Gasteiger partial charge in [0.15, 0.2) is 0 Å². The highest BCUT2D eigenvalue weighted by Gasteiger charge is 2.12. The third-order valence-electron chi connectivity index (χ3n) is 2.22. The van der Waals surface area contributed by atoms with Gasteiger partial charge in [0, 0.05) is 11.1 Å². The maximum Gasteiger partial charge on any atom is 0.322 e. The van der Waals surface area contributed by atoms with Crippen molar-refractivity contribution >= 4 is 28.9 Å². The Morgan fingerprint density at radius 1 is 1.42 bits per heavy atom. The van der Waals surface area contributed by atoms with Crippen molar-refractivity contribution < 1.29 is 4.74 Å². The Hall–Kier alpha value is -1.47. The molecular weight excluding hydrogens is 286 g/mol. The van der Waals surface area contributed by atoms with Crippen LogP contribution in [0.25, 0.3) is 0 Å². The third-order valence-corrected chi connectivity index (χ3v) is 3.48. The van der Waals surface area contributed by atoms with Crippen molar-refractivity contribution in [3.8, 4) is 6.01 Å². The molecule has 2 aromatic heterocycles. The van der Waals surface area contributed by atoms with E-state index in [9.17, 15) is 0 Å². The molecule has 102 valence electrons. The number of ether oxygens (including phenoxy) is 1. The molecule has 8 heteroatoms. The highest BCUT2D eigenvalue weighted by atomic mass is 35.5. The van der Waals surface area contributed by atoms with Crippen LogP contribution in [-0.4, -0.2) is 26.5 Å². The summed E-state index contributed by atoms with van der Waals surface area (Å²) < 4.78 is 5.22. The quantitative estimate of drug-likeness (QED) is 0.915. The first kappa shape index (κ1) is 14.0. The van der Waals surface area contributed by atoms with Gasteiger partial charge in [0.25, 0.3) is 0 Å². The fourth-order valence-corrected chi connectivity index (χ4v) is 2.35. The van der Waals surface area contributed by atoms with Crippen molar-refractivity contribution in [2.75, 3.05) is 11.9 Å². The van der Waals surface area contributed by atoms with Crippen molar-refractivity contribution in [2.45, 2.75) is 26.8 Å². The summed E-state index contributed by atoms with van der Waals surface area (Å²) in [6.45, 7) is 6.32. The van der Waals surface area contributed by atoms with E-state index in [0.29, 0.717) is 12.6 Å². The van der Waals surface area contributed by atoms with Crippen LogP contribution >= 0.6 is 22.9 Å². The second-order valence-corrected chi connectivity index (χ2v) is 5.42. The van der Waals surface area contributed by atoms with Gasteiger partial charge in [-0.2, -0.15) is 15.0 Å². The van der Waals surface area contributed by atoms with Crippen LogP contribution in [0.3, 0.4) is 0 Å². The number of halogens is 1. The standard InChI is InChI=1S/C11H14ClN5OS/c1-4-18-11-16-9(12)15-10(17-11)14-7(3)8-13-5-6(2)19-8/h5,7H,4H2,1-3H3,(H,14,15,16,17). The molecule has 0 bridgehead atoms. The van der Waals surface area contributed by atoms with E-state index in [0.717, 1.165) is 9.88 Å². The van der Waals surface area contributed by atoms with Crippen LogP contribution < -0.4 is 10.1 Å². The van der Waals surface area contributed by atoms with Gasteiger partial charge in [-0.05, 0) is 32.4 Å². The molecule has 0 saturated carbocycles. The van der Waals surface area contributed by atoms with Crippen LogP contribution in [-0.2, 0) is 0 Å². The number of anilines is 1. The molecule has 2 aromatic rings. The minimum Gasteiger partial charge on any atom is -0.464 e. The van der Waals surface area contributed by atoms with Crippen LogP contribution in [0.4, 0.5) is 5.95 Å². The van der Waals surface area contributed by atoms with E-state index in [1.165, 1.54) is 0 Å². The molecule has 1 unspecified atom stereocenters. The molecule has 0 amide bonds. The van der Waals surface area contributed by atoms with Crippen LogP contribution in [0.15, 0.2) is 6.20 Å². The summed E-state index contributed by atoms with van der Waals surface area (Å²) in [5, 5.41) is 4.20. The minimum absolute atomic E-state index is 0.00774. The van der Waals surface area contributed by atoms with E-state index in [1.54, 1.807) is 11.3 Å². The summed E-state index contributed by atoms with van der Waals surface area (Å²) in [5.41, 5.74) is 0. The minimum atomic E-state index is -0.00774. The Morgan fingerprint density at radius 3 is 2.84 bits per heavy atom. The smallest absolute Gasteiger partial charge is 0.322 e. The van der Waals surface area contributed by atoms with Crippen LogP contribution in [0, 0.1) is 6.92 Å². The van der Waals surface area contributed by atoms with Crippen LogP contribution in [0.5, 0.6) is 6.01 Å². The lowest BCUT2D eigenvalue weighted by molar-refractivity contribution is 0.312. The van der Waals surface area contributed by atoms with Crippen molar-refractivity contribution in [1.82, 2.24) is 19.9 Å². The van der Waals surface area contributed by atoms with Gasteiger partial charge in [-0.25, -0.2) is 4.98 Å². The number of aromatic nitrogens is 4. The lowest BCUT2D eigenvalue weighted by Gasteiger charge is -2.11. The number of nitrogens with one attached hydrogen (secondary N) is 1. The first-order valence-electron chi connectivity index (χ1n) is 5.81. The number of hydrogen-bond donors (Lipinski definition) is 1. The second kappa shape index (κ2) is 6.12. The van der Waals surface area contributed by atoms with Crippen molar-refractivity contribution in [3.05, 3.63) is 21.4 Å². The average molecular weight is 300 g/mol. The van der Waals surface area contributed by atoms with Gasteiger partial charge in [0.05, 0.1) is 12.6 Å². The second-order valence-electron chi connectivity index (χ2n) is 3.82. The fourth-order valence-electron chi connectivity index (χ4n) is 1.42. The fraction of sp³-hybridized carbons (Fsp3) is 0.455. The predicted molar refractivity (Wildman–Crippen MR) is 74.9 cm³/mol. The first-order chi connectivity index (χ1) is 9.08. The topological polar surface area (TPSA) is 72.8 Å². The maximum absolute atomic E-state index is 5.82. The lowest BCUT2D eigenvalue weighted by atomic mass is 10.4. The Morgan fingerprint density at radius 2 is 2.21 bits per heavy atom. The van der Waals surface area contributed by atoms with Gasteiger partial charge in [-0.3, -0.25) is 0 Å². The van der Waals surface area contributed by atoms with E-state index in [-0.39, 0.29) is 17.3 Å². The molecule has 0 saturated heterocycles. The third kappa shape index (κ3) is 3.74. The molecule has 0 radical (unpaired) electrons. The van der Waals surface area contributed by atoms with Gasteiger partial charge in [-0.15, -0.1) is 11.3 Å². The Bertz CT molecular complexity index is 562. The normalized spacial score (nSPS) is 12.2. The molecule has 0 aliphatic heterocycles. The molecule has 0 spiro atoms. The Labute approximate surface area is 120 Å². The lowest BCUT2D eigenvalue weighted by Crippen LogP contribution is -2.11. The van der Waals surface area contributed by atoms with Gasteiger partial charge >= 0.3 is 6.01 Å². The maximum atomic E-state index is 5.82. The highest BCUT2D eigenvalue weighted by Crippen LogP contribution is 2.22. The molecule has 0 aliphatic rings. The zero-order valence-corrected chi connectivity index (χ0v) is 12.4. The molecule has 2 heterocycles. The average Bonchev–Trinajstić information content (AvgIpc) is 2.75. The Balaban J connectivity index is 2.14. The molecule has 2 rings (SSSR count). The van der Waals surface area contributed by atoms with E-state index in [1.807, 2.05) is 27.0 Å². The summed E-state index contributed by atoms with van der Waals surface area (Å²) in [6, 6.07) is 0.208. The van der Waals surface area contributed by atoms with Crippen molar-refractivity contribution in [3.63, 3.8) is 0 Å². The zero-order valence-electron chi connectivity index (χ0n) is 10.8. The van der Waals surface area contributed by atoms with E-state index < -0.39 is 0 Å². The Kier molecular flexibility index (Phi) is 4.49. The highest BCUT2D eigenvalue weighted by molar-refractivity contribution is 7.11. The predicted octanol–water partition coefficient (Wildman–Crippen LogP) is 2.86. The summed E-state index contributed by atoms with van der Waals surface area (Å²) in [5.74, 6) is 0.379. The number of rotatable bonds is 5. The molecule has 1 atom stereocenters. The molecule has 0 aliphatic carbocycles. The van der Waals surface area contributed by atoms with Crippen LogP contribution in [0.1, 0.15) is 29.8 Å². The largest absolute Gasteiger partial charge is 0.464 e.